The average molecular weight is 492 g/mol. The van der Waals surface area contributed by atoms with Gasteiger partial charge in [0.25, 0.3) is 11.8 Å². The summed E-state index contributed by atoms with van der Waals surface area (Å²) >= 11 is 0. The Morgan fingerprint density at radius 1 is 1.00 bits per heavy atom. The number of halogens is 2. The third-order valence-corrected chi connectivity index (χ3v) is 5.54. The van der Waals surface area contributed by atoms with Gasteiger partial charge in [-0.2, -0.15) is 4.73 Å². The summed E-state index contributed by atoms with van der Waals surface area (Å²) < 4.78 is 34.9. The standard InChI is InChI=1S/C26H22F2N4O4/c1-14-23(26(34)31-17-7-4-6-16(12-17)25(33)29-2)32(35)24(30-14)15-10-11-21(36-3)18(13-15)22-19(27)8-5-9-20(22)28/h4-13,35H,1-3H3,(H,29,33)(H,31,34). The number of hydrogen-bond donors (Lipinski definition) is 3. The van der Waals surface area contributed by atoms with E-state index >= 15 is 0 Å². The molecule has 0 atom stereocenters. The maximum absolute atomic E-state index is 14.5. The second kappa shape index (κ2) is 9.87. The number of aryl methyl sites for hydroxylation is 1. The van der Waals surface area contributed by atoms with Gasteiger partial charge in [0.05, 0.1) is 18.4 Å². The number of ether oxygens (including phenoxy) is 1. The lowest BCUT2D eigenvalue weighted by molar-refractivity contribution is 0.0956. The Bertz CT molecular complexity index is 1460. The fourth-order valence-corrected chi connectivity index (χ4v) is 3.84. The van der Waals surface area contributed by atoms with Crippen LogP contribution in [0.1, 0.15) is 26.5 Å². The lowest BCUT2D eigenvalue weighted by Crippen LogP contribution is -2.20. The number of nitrogens with zero attached hydrogens (tertiary/aromatic N) is 2. The first kappa shape index (κ1) is 24.4. The monoisotopic (exact) mass is 492 g/mol. The Labute approximate surface area is 205 Å². The van der Waals surface area contributed by atoms with Crippen molar-refractivity contribution in [1.29, 1.82) is 0 Å². The minimum absolute atomic E-state index is 0.0163. The zero-order valence-electron chi connectivity index (χ0n) is 19.6. The summed E-state index contributed by atoms with van der Waals surface area (Å²) in [4.78, 5) is 29.1. The SMILES string of the molecule is CNC(=O)c1cccc(NC(=O)c2c(C)nc(-c3ccc(OC)c(-c4c(F)cccc4F)c3)n2O)c1. The lowest BCUT2D eigenvalue weighted by atomic mass is 10.0. The molecule has 1 aromatic heterocycles. The van der Waals surface area contributed by atoms with Gasteiger partial charge in [-0.25, -0.2) is 13.8 Å². The third-order valence-electron chi connectivity index (χ3n) is 5.54. The van der Waals surface area contributed by atoms with E-state index in [9.17, 15) is 23.6 Å². The number of hydrogen-bond acceptors (Lipinski definition) is 5. The summed E-state index contributed by atoms with van der Waals surface area (Å²) in [6.45, 7) is 1.53. The minimum atomic E-state index is -0.784. The molecule has 0 aliphatic carbocycles. The van der Waals surface area contributed by atoms with Crippen LogP contribution in [-0.4, -0.2) is 40.9 Å². The van der Waals surface area contributed by atoms with E-state index in [0.717, 1.165) is 12.1 Å². The molecular weight excluding hydrogens is 470 g/mol. The Balaban J connectivity index is 1.73. The Kier molecular flexibility index (Phi) is 6.69. The summed E-state index contributed by atoms with van der Waals surface area (Å²) in [5, 5.41) is 16.0. The Morgan fingerprint density at radius 3 is 2.36 bits per heavy atom. The van der Waals surface area contributed by atoms with Gasteiger partial charge in [0.2, 0.25) is 0 Å². The Hall–Kier alpha value is -4.73. The quantitative estimate of drug-likeness (QED) is 0.340. The highest BCUT2D eigenvalue weighted by molar-refractivity contribution is 6.05. The number of carbonyl (C=O) groups excluding carboxylic acids is 2. The molecule has 0 unspecified atom stereocenters. The van der Waals surface area contributed by atoms with Crippen LogP contribution in [0.4, 0.5) is 14.5 Å². The van der Waals surface area contributed by atoms with Gasteiger partial charge >= 0.3 is 0 Å². The number of aromatic nitrogens is 2. The number of amides is 2. The summed E-state index contributed by atoms with van der Waals surface area (Å²) in [7, 11) is 2.86. The molecule has 0 saturated carbocycles. The first-order valence-corrected chi connectivity index (χ1v) is 10.8. The maximum Gasteiger partial charge on any atom is 0.277 e. The van der Waals surface area contributed by atoms with Crippen LogP contribution in [0.15, 0.2) is 60.7 Å². The van der Waals surface area contributed by atoms with Crippen molar-refractivity contribution in [2.24, 2.45) is 0 Å². The van der Waals surface area contributed by atoms with Crippen LogP contribution in [0.5, 0.6) is 5.75 Å². The van der Waals surface area contributed by atoms with E-state index in [4.69, 9.17) is 4.74 Å². The van der Waals surface area contributed by atoms with Crippen molar-refractivity contribution < 1.29 is 28.3 Å². The zero-order chi connectivity index (χ0) is 26.0. The number of benzene rings is 3. The molecule has 3 aromatic carbocycles. The molecule has 3 N–H and O–H groups in total. The summed E-state index contributed by atoms with van der Waals surface area (Å²) in [5.74, 6) is -2.36. The second-order valence-electron chi connectivity index (χ2n) is 7.81. The molecular formula is C26H22F2N4O4. The molecule has 0 bridgehead atoms. The summed E-state index contributed by atoms with van der Waals surface area (Å²) in [6.07, 6.45) is 0. The van der Waals surface area contributed by atoms with E-state index in [2.05, 4.69) is 15.6 Å². The number of nitrogens with one attached hydrogen (secondary N) is 2. The zero-order valence-corrected chi connectivity index (χ0v) is 19.6. The molecule has 4 rings (SSSR count). The lowest BCUT2D eigenvalue weighted by Gasteiger charge is -2.12. The number of imidazole rings is 1. The average Bonchev–Trinajstić information content (AvgIpc) is 3.17. The van der Waals surface area contributed by atoms with Crippen LogP contribution in [0.2, 0.25) is 0 Å². The van der Waals surface area contributed by atoms with Gasteiger partial charge in [-0.05, 0) is 55.5 Å². The van der Waals surface area contributed by atoms with E-state index in [1.165, 1.54) is 45.3 Å². The Morgan fingerprint density at radius 2 is 1.69 bits per heavy atom. The van der Waals surface area contributed by atoms with Crippen LogP contribution in [0, 0.1) is 18.6 Å². The van der Waals surface area contributed by atoms with Gasteiger partial charge in [0.1, 0.15) is 17.4 Å². The number of methoxy groups -OCH3 is 1. The molecule has 8 nitrogen and oxygen atoms in total. The van der Waals surface area contributed by atoms with Gasteiger partial charge in [-0.1, -0.05) is 12.1 Å². The van der Waals surface area contributed by atoms with Crippen molar-refractivity contribution in [2.45, 2.75) is 6.92 Å². The molecule has 0 spiro atoms. The van der Waals surface area contributed by atoms with Crippen LogP contribution in [0.25, 0.3) is 22.5 Å². The first-order valence-electron chi connectivity index (χ1n) is 10.8. The van der Waals surface area contributed by atoms with Crippen molar-refractivity contribution in [3.8, 4) is 28.3 Å². The smallest absolute Gasteiger partial charge is 0.277 e. The van der Waals surface area contributed by atoms with Gasteiger partial charge in [0.15, 0.2) is 11.5 Å². The van der Waals surface area contributed by atoms with E-state index < -0.39 is 17.5 Å². The molecule has 1 heterocycles. The molecule has 4 aromatic rings. The number of rotatable bonds is 6. The van der Waals surface area contributed by atoms with Crippen molar-refractivity contribution in [3.63, 3.8) is 0 Å². The highest BCUT2D eigenvalue weighted by Gasteiger charge is 2.24. The highest BCUT2D eigenvalue weighted by atomic mass is 19.1. The highest BCUT2D eigenvalue weighted by Crippen LogP contribution is 2.37. The molecule has 2 amide bonds. The van der Waals surface area contributed by atoms with Crippen molar-refractivity contribution in [1.82, 2.24) is 15.0 Å². The number of carbonyl (C=O) groups is 2. The minimum Gasteiger partial charge on any atom is -0.496 e. The summed E-state index contributed by atoms with van der Waals surface area (Å²) in [5.41, 5.74) is 0.856. The topological polar surface area (TPSA) is 105 Å². The van der Waals surface area contributed by atoms with Crippen LogP contribution in [0.3, 0.4) is 0 Å². The molecule has 184 valence electrons. The molecule has 36 heavy (non-hydrogen) atoms. The molecule has 0 fully saturated rings. The van der Waals surface area contributed by atoms with Gasteiger partial charge in [0, 0.05) is 29.4 Å². The number of anilines is 1. The molecule has 0 saturated heterocycles. The first-order chi connectivity index (χ1) is 17.2. The molecule has 10 heteroatoms. The maximum atomic E-state index is 14.5. The predicted molar refractivity (Wildman–Crippen MR) is 129 cm³/mol. The predicted octanol–water partition coefficient (Wildman–Crippen LogP) is 4.66. The fourth-order valence-electron chi connectivity index (χ4n) is 3.84. The van der Waals surface area contributed by atoms with E-state index in [1.807, 2.05) is 0 Å². The normalized spacial score (nSPS) is 10.7. The fraction of sp³-hybridized carbons (Fsp3) is 0.115. The largest absolute Gasteiger partial charge is 0.496 e. The van der Waals surface area contributed by atoms with E-state index in [1.54, 1.807) is 24.3 Å². The van der Waals surface area contributed by atoms with Crippen molar-refractivity contribution in [3.05, 3.63) is 89.2 Å². The second-order valence-corrected chi connectivity index (χ2v) is 7.81. The third kappa shape index (κ3) is 4.48. The van der Waals surface area contributed by atoms with Gasteiger partial charge < -0.3 is 20.6 Å². The van der Waals surface area contributed by atoms with Crippen molar-refractivity contribution >= 4 is 17.5 Å². The van der Waals surface area contributed by atoms with Crippen LogP contribution in [-0.2, 0) is 0 Å². The van der Waals surface area contributed by atoms with Gasteiger partial charge in [-0.3, -0.25) is 9.59 Å². The molecule has 0 radical (unpaired) electrons. The van der Waals surface area contributed by atoms with Gasteiger partial charge in [-0.15, -0.1) is 0 Å². The van der Waals surface area contributed by atoms with E-state index in [0.29, 0.717) is 21.5 Å². The summed E-state index contributed by atoms with van der Waals surface area (Å²) in [6, 6.07) is 14.2. The van der Waals surface area contributed by atoms with Crippen molar-refractivity contribution in [2.75, 3.05) is 19.5 Å². The van der Waals surface area contributed by atoms with E-state index in [-0.39, 0.29) is 40.0 Å². The van der Waals surface area contributed by atoms with Crippen LogP contribution >= 0.6 is 0 Å². The van der Waals surface area contributed by atoms with Crippen LogP contribution < -0.4 is 15.4 Å². The molecule has 0 aliphatic heterocycles. The molecule has 0 aliphatic rings.